The molecule has 1 aliphatic rings. The van der Waals surface area contributed by atoms with Gasteiger partial charge < -0.3 is 13.9 Å². The highest BCUT2D eigenvalue weighted by Gasteiger charge is 2.19. The van der Waals surface area contributed by atoms with E-state index in [2.05, 4.69) is 28.1 Å². The number of hydrogen-bond acceptors (Lipinski definition) is 3. The maximum atomic E-state index is 5.74. The standard InChI is InChI=1S/C16H17BrO3/c1-10-8-13(11(2)20-10)16(17)12-4-5-14-15(9-12)19-7-3-6-18-14/h4-5,8-9,16H,3,6-7H2,1-2H3. The summed E-state index contributed by atoms with van der Waals surface area (Å²) in [5.41, 5.74) is 2.29. The van der Waals surface area contributed by atoms with Gasteiger partial charge in [-0.3, -0.25) is 0 Å². The lowest BCUT2D eigenvalue weighted by Gasteiger charge is -2.13. The number of benzene rings is 1. The summed E-state index contributed by atoms with van der Waals surface area (Å²) in [7, 11) is 0. The molecule has 0 saturated heterocycles. The maximum absolute atomic E-state index is 5.74. The number of ether oxygens (including phenoxy) is 2. The van der Waals surface area contributed by atoms with Crippen LogP contribution in [0.4, 0.5) is 0 Å². The summed E-state index contributed by atoms with van der Waals surface area (Å²) in [4.78, 5) is 0.0945. The zero-order valence-corrected chi connectivity index (χ0v) is 13.2. The Bertz CT molecular complexity index is 618. The molecule has 3 nitrogen and oxygen atoms in total. The van der Waals surface area contributed by atoms with Crippen molar-refractivity contribution in [3.63, 3.8) is 0 Å². The molecule has 0 N–H and O–H groups in total. The molecule has 106 valence electrons. The topological polar surface area (TPSA) is 31.6 Å². The van der Waals surface area contributed by atoms with Crippen LogP contribution >= 0.6 is 15.9 Å². The second kappa shape index (κ2) is 5.52. The van der Waals surface area contributed by atoms with Crippen molar-refractivity contribution >= 4 is 15.9 Å². The number of aryl methyl sites for hydroxylation is 2. The highest BCUT2D eigenvalue weighted by molar-refractivity contribution is 9.09. The molecule has 4 heteroatoms. The van der Waals surface area contributed by atoms with Gasteiger partial charge in [-0.2, -0.15) is 0 Å². The minimum atomic E-state index is 0.0945. The molecule has 1 aliphatic heterocycles. The summed E-state index contributed by atoms with van der Waals surface area (Å²) >= 11 is 3.75. The van der Waals surface area contributed by atoms with Crippen LogP contribution in [0.3, 0.4) is 0 Å². The summed E-state index contributed by atoms with van der Waals surface area (Å²) in [5.74, 6) is 3.51. The minimum absolute atomic E-state index is 0.0945. The van der Waals surface area contributed by atoms with Crippen LogP contribution in [0.1, 0.15) is 33.9 Å². The first kappa shape index (κ1) is 13.6. The van der Waals surface area contributed by atoms with Crippen LogP contribution in [0.5, 0.6) is 11.5 Å². The van der Waals surface area contributed by atoms with Crippen molar-refractivity contribution in [2.75, 3.05) is 13.2 Å². The molecule has 2 aromatic rings. The molecule has 3 rings (SSSR count). The molecule has 0 saturated carbocycles. The quantitative estimate of drug-likeness (QED) is 0.754. The van der Waals surface area contributed by atoms with E-state index in [1.165, 1.54) is 0 Å². The molecule has 2 heterocycles. The summed E-state index contributed by atoms with van der Waals surface area (Å²) in [6.45, 7) is 5.36. The van der Waals surface area contributed by atoms with Crippen LogP contribution in [0.15, 0.2) is 28.7 Å². The predicted octanol–water partition coefficient (Wildman–Crippen LogP) is 4.54. The third-order valence-corrected chi connectivity index (χ3v) is 4.44. The number of alkyl halides is 1. The van der Waals surface area contributed by atoms with E-state index in [-0.39, 0.29) is 4.83 Å². The van der Waals surface area contributed by atoms with Gasteiger partial charge in [0.1, 0.15) is 11.5 Å². The number of furan rings is 1. The van der Waals surface area contributed by atoms with E-state index in [4.69, 9.17) is 13.9 Å². The van der Waals surface area contributed by atoms with Gasteiger partial charge in [0, 0.05) is 12.0 Å². The maximum Gasteiger partial charge on any atom is 0.161 e. The van der Waals surface area contributed by atoms with Crippen molar-refractivity contribution in [1.82, 2.24) is 0 Å². The Kier molecular flexibility index (Phi) is 3.74. The summed E-state index contributed by atoms with van der Waals surface area (Å²) in [6, 6.07) is 8.15. The predicted molar refractivity (Wildman–Crippen MR) is 81.0 cm³/mol. The first-order valence-corrected chi connectivity index (χ1v) is 7.67. The van der Waals surface area contributed by atoms with Gasteiger partial charge in [0.05, 0.1) is 18.0 Å². The molecule has 1 aromatic carbocycles. The number of halogens is 1. The average Bonchev–Trinajstić information content (AvgIpc) is 2.65. The largest absolute Gasteiger partial charge is 0.490 e. The Labute approximate surface area is 127 Å². The van der Waals surface area contributed by atoms with Crippen LogP contribution in [0.2, 0.25) is 0 Å². The Balaban J connectivity index is 1.94. The second-order valence-corrected chi connectivity index (χ2v) is 5.90. The molecule has 0 radical (unpaired) electrons. The van der Waals surface area contributed by atoms with Crippen LogP contribution in [0.25, 0.3) is 0 Å². The Hall–Kier alpha value is -1.42. The van der Waals surface area contributed by atoms with Gasteiger partial charge in [-0.15, -0.1) is 0 Å². The molecular weight excluding hydrogens is 320 g/mol. The lowest BCUT2D eigenvalue weighted by atomic mass is 10.0. The smallest absolute Gasteiger partial charge is 0.161 e. The van der Waals surface area contributed by atoms with Crippen molar-refractivity contribution in [2.45, 2.75) is 25.1 Å². The molecular formula is C16H17BrO3. The molecule has 0 bridgehead atoms. The fourth-order valence-electron chi connectivity index (χ4n) is 2.42. The minimum Gasteiger partial charge on any atom is -0.490 e. The van der Waals surface area contributed by atoms with Gasteiger partial charge in [0.15, 0.2) is 11.5 Å². The zero-order chi connectivity index (χ0) is 14.1. The van der Waals surface area contributed by atoms with Crippen LogP contribution in [0, 0.1) is 13.8 Å². The van der Waals surface area contributed by atoms with Crippen molar-refractivity contribution in [3.05, 3.63) is 46.9 Å². The van der Waals surface area contributed by atoms with Crippen LogP contribution in [-0.4, -0.2) is 13.2 Å². The van der Waals surface area contributed by atoms with Gasteiger partial charge in [-0.25, -0.2) is 0 Å². The molecule has 0 spiro atoms. The third-order valence-electron chi connectivity index (χ3n) is 3.42. The van der Waals surface area contributed by atoms with E-state index < -0.39 is 0 Å². The number of rotatable bonds is 2. The van der Waals surface area contributed by atoms with Crippen molar-refractivity contribution in [3.8, 4) is 11.5 Å². The molecule has 0 amide bonds. The van der Waals surface area contributed by atoms with Crippen molar-refractivity contribution in [1.29, 1.82) is 0 Å². The lowest BCUT2D eigenvalue weighted by Crippen LogP contribution is -1.97. The van der Waals surface area contributed by atoms with Crippen molar-refractivity contribution in [2.24, 2.45) is 0 Å². The molecule has 1 atom stereocenters. The number of fused-ring (bicyclic) bond motifs is 1. The second-order valence-electron chi connectivity index (χ2n) is 4.99. The highest BCUT2D eigenvalue weighted by Crippen LogP contribution is 2.39. The molecule has 20 heavy (non-hydrogen) atoms. The molecule has 1 aromatic heterocycles. The highest BCUT2D eigenvalue weighted by atomic mass is 79.9. The van der Waals surface area contributed by atoms with Crippen LogP contribution < -0.4 is 9.47 Å². The first-order valence-electron chi connectivity index (χ1n) is 6.75. The average molecular weight is 337 g/mol. The molecule has 0 aliphatic carbocycles. The molecule has 1 unspecified atom stereocenters. The number of hydrogen-bond donors (Lipinski definition) is 0. The third kappa shape index (κ3) is 2.57. The van der Waals surface area contributed by atoms with Crippen LogP contribution in [-0.2, 0) is 0 Å². The van der Waals surface area contributed by atoms with Gasteiger partial charge in [0.2, 0.25) is 0 Å². The fourth-order valence-corrected chi connectivity index (χ4v) is 3.16. The van der Waals surface area contributed by atoms with Crippen molar-refractivity contribution < 1.29 is 13.9 Å². The van der Waals surface area contributed by atoms with E-state index in [1.807, 2.05) is 26.0 Å². The first-order chi connectivity index (χ1) is 9.65. The zero-order valence-electron chi connectivity index (χ0n) is 11.6. The van der Waals surface area contributed by atoms with E-state index >= 15 is 0 Å². The summed E-state index contributed by atoms with van der Waals surface area (Å²) in [5, 5.41) is 0. The fraction of sp³-hybridized carbons (Fsp3) is 0.375. The monoisotopic (exact) mass is 336 g/mol. The van der Waals surface area contributed by atoms with Gasteiger partial charge in [0.25, 0.3) is 0 Å². The van der Waals surface area contributed by atoms with Gasteiger partial charge >= 0.3 is 0 Å². The Morgan fingerprint density at radius 2 is 1.80 bits per heavy atom. The summed E-state index contributed by atoms with van der Waals surface area (Å²) < 4.78 is 17.0. The normalized spacial score (nSPS) is 15.8. The summed E-state index contributed by atoms with van der Waals surface area (Å²) in [6.07, 6.45) is 0.918. The van der Waals surface area contributed by atoms with Gasteiger partial charge in [-0.05, 0) is 37.6 Å². The van der Waals surface area contributed by atoms with E-state index in [1.54, 1.807) is 0 Å². The lowest BCUT2D eigenvalue weighted by molar-refractivity contribution is 0.297. The Morgan fingerprint density at radius 3 is 2.50 bits per heavy atom. The van der Waals surface area contributed by atoms with E-state index in [0.717, 1.165) is 40.6 Å². The van der Waals surface area contributed by atoms with E-state index in [0.29, 0.717) is 13.2 Å². The Morgan fingerprint density at radius 1 is 1.05 bits per heavy atom. The van der Waals surface area contributed by atoms with Gasteiger partial charge in [-0.1, -0.05) is 22.0 Å². The van der Waals surface area contributed by atoms with E-state index in [9.17, 15) is 0 Å². The SMILES string of the molecule is Cc1cc(C(Br)c2ccc3c(c2)OCCCO3)c(C)o1. The molecule has 0 fully saturated rings.